The summed E-state index contributed by atoms with van der Waals surface area (Å²) >= 11 is 2.04. The Morgan fingerprint density at radius 2 is 2.00 bits per heavy atom. The van der Waals surface area contributed by atoms with Gasteiger partial charge in [-0.3, -0.25) is 10.1 Å². The zero-order valence-corrected chi connectivity index (χ0v) is 14.4. The lowest BCUT2D eigenvalue weighted by Crippen LogP contribution is -2.53. The maximum atomic E-state index is 12.2. The van der Waals surface area contributed by atoms with E-state index < -0.39 is 5.54 Å². The maximum Gasteiger partial charge on any atom is 0.326 e. The van der Waals surface area contributed by atoms with E-state index in [2.05, 4.69) is 19.2 Å². The second-order valence-corrected chi connectivity index (χ2v) is 7.64. The number of carbonyl (C=O) groups excluding carboxylic acids is 1. The molecule has 0 aliphatic heterocycles. The first kappa shape index (κ1) is 17.8. The molecule has 1 saturated carbocycles. The smallest absolute Gasteiger partial charge is 0.326 e. The van der Waals surface area contributed by atoms with Crippen molar-refractivity contribution < 1.29 is 9.53 Å². The Kier molecular flexibility index (Phi) is 7.96. The molecular formula is C16H31NO2S. The summed E-state index contributed by atoms with van der Waals surface area (Å²) in [6.07, 6.45) is 7.67. The molecule has 3 nitrogen and oxygen atoms in total. The zero-order valence-electron chi connectivity index (χ0n) is 13.5. The van der Waals surface area contributed by atoms with Gasteiger partial charge in [-0.15, -0.1) is 0 Å². The van der Waals surface area contributed by atoms with Gasteiger partial charge in [-0.2, -0.15) is 11.8 Å². The van der Waals surface area contributed by atoms with Crippen molar-refractivity contribution in [3.05, 3.63) is 0 Å². The SMILES string of the molecule is CCOC(=O)C(C)(CCSC1CCCCC1)NC(C)C. The molecule has 0 radical (unpaired) electrons. The van der Waals surface area contributed by atoms with Crippen molar-refractivity contribution in [2.24, 2.45) is 0 Å². The minimum atomic E-state index is -0.550. The van der Waals surface area contributed by atoms with E-state index in [1.54, 1.807) is 0 Å². The third kappa shape index (κ3) is 6.04. The van der Waals surface area contributed by atoms with Crippen LogP contribution < -0.4 is 5.32 Å². The Morgan fingerprint density at radius 1 is 1.35 bits per heavy atom. The van der Waals surface area contributed by atoms with E-state index >= 15 is 0 Å². The monoisotopic (exact) mass is 301 g/mol. The van der Waals surface area contributed by atoms with E-state index in [1.165, 1.54) is 32.1 Å². The van der Waals surface area contributed by atoms with Gasteiger partial charge < -0.3 is 4.74 Å². The van der Waals surface area contributed by atoms with Crippen molar-refractivity contribution in [1.82, 2.24) is 5.32 Å². The number of esters is 1. The van der Waals surface area contributed by atoms with Crippen LogP contribution >= 0.6 is 11.8 Å². The lowest BCUT2D eigenvalue weighted by atomic mass is 9.98. The second-order valence-electron chi connectivity index (χ2n) is 6.23. The molecule has 118 valence electrons. The molecule has 1 unspecified atom stereocenters. The van der Waals surface area contributed by atoms with Gasteiger partial charge >= 0.3 is 5.97 Å². The van der Waals surface area contributed by atoms with Crippen molar-refractivity contribution in [3.63, 3.8) is 0 Å². The molecule has 0 aromatic carbocycles. The Hall–Kier alpha value is -0.220. The third-order valence-corrected chi connectivity index (χ3v) is 5.22. The molecule has 0 bridgehead atoms. The number of ether oxygens (including phenoxy) is 1. The van der Waals surface area contributed by atoms with Crippen LogP contribution in [0.15, 0.2) is 0 Å². The van der Waals surface area contributed by atoms with E-state index in [-0.39, 0.29) is 12.0 Å². The maximum absolute atomic E-state index is 12.2. The van der Waals surface area contributed by atoms with E-state index in [4.69, 9.17) is 4.74 Å². The minimum Gasteiger partial charge on any atom is -0.465 e. The van der Waals surface area contributed by atoms with Gasteiger partial charge in [-0.05, 0) is 52.7 Å². The largest absolute Gasteiger partial charge is 0.465 e. The molecule has 0 aromatic rings. The van der Waals surface area contributed by atoms with Crippen LogP contribution in [0, 0.1) is 0 Å². The molecular weight excluding hydrogens is 270 g/mol. The Bertz CT molecular complexity index is 290. The van der Waals surface area contributed by atoms with E-state index in [0.717, 1.165) is 17.4 Å². The zero-order chi connectivity index (χ0) is 15.0. The number of hydrogen-bond donors (Lipinski definition) is 1. The Balaban J connectivity index is 2.44. The van der Waals surface area contributed by atoms with Crippen LogP contribution in [-0.4, -0.2) is 35.2 Å². The van der Waals surface area contributed by atoms with Crippen LogP contribution in [-0.2, 0) is 9.53 Å². The summed E-state index contributed by atoms with van der Waals surface area (Å²) in [5.41, 5.74) is -0.550. The molecule has 0 spiro atoms. The summed E-state index contributed by atoms with van der Waals surface area (Å²) in [5.74, 6) is 0.914. The Morgan fingerprint density at radius 3 is 2.55 bits per heavy atom. The summed E-state index contributed by atoms with van der Waals surface area (Å²) in [7, 11) is 0. The quantitative estimate of drug-likeness (QED) is 0.693. The predicted molar refractivity (Wildman–Crippen MR) is 87.3 cm³/mol. The van der Waals surface area contributed by atoms with Crippen LogP contribution in [0.5, 0.6) is 0 Å². The molecule has 0 saturated heterocycles. The van der Waals surface area contributed by atoms with Gasteiger partial charge in [0, 0.05) is 11.3 Å². The van der Waals surface area contributed by atoms with Crippen molar-refractivity contribution >= 4 is 17.7 Å². The molecule has 1 aliphatic rings. The summed E-state index contributed by atoms with van der Waals surface area (Å²) in [6.45, 7) is 8.44. The average molecular weight is 301 g/mol. The number of nitrogens with one attached hydrogen (secondary N) is 1. The van der Waals surface area contributed by atoms with Crippen LogP contribution in [0.25, 0.3) is 0 Å². The first-order chi connectivity index (χ1) is 9.48. The van der Waals surface area contributed by atoms with Crippen molar-refractivity contribution in [1.29, 1.82) is 0 Å². The fourth-order valence-corrected chi connectivity index (χ4v) is 4.35. The van der Waals surface area contributed by atoms with Gasteiger partial charge in [0.25, 0.3) is 0 Å². The van der Waals surface area contributed by atoms with Gasteiger partial charge in [0.1, 0.15) is 5.54 Å². The molecule has 1 N–H and O–H groups in total. The molecule has 0 heterocycles. The normalized spacial score (nSPS) is 19.9. The highest BCUT2D eigenvalue weighted by Gasteiger charge is 2.34. The molecule has 1 atom stereocenters. The topological polar surface area (TPSA) is 38.3 Å². The van der Waals surface area contributed by atoms with E-state index in [0.29, 0.717) is 6.61 Å². The Labute approximate surface area is 128 Å². The van der Waals surface area contributed by atoms with Crippen LogP contribution in [0.3, 0.4) is 0 Å². The molecule has 1 aliphatic carbocycles. The van der Waals surface area contributed by atoms with Gasteiger partial charge in [0.15, 0.2) is 0 Å². The molecule has 1 rings (SSSR count). The molecule has 4 heteroatoms. The predicted octanol–water partition coefficient (Wildman–Crippen LogP) is 3.76. The number of carbonyl (C=O) groups is 1. The summed E-state index contributed by atoms with van der Waals surface area (Å²) in [6, 6.07) is 0.282. The molecule has 20 heavy (non-hydrogen) atoms. The number of thioether (sulfide) groups is 1. The van der Waals surface area contributed by atoms with Crippen LogP contribution in [0.4, 0.5) is 0 Å². The summed E-state index contributed by atoms with van der Waals surface area (Å²) < 4.78 is 5.24. The summed E-state index contributed by atoms with van der Waals surface area (Å²) in [5, 5.41) is 4.19. The standard InChI is InChI=1S/C16H31NO2S/c1-5-19-15(18)16(4,17-13(2)3)11-12-20-14-9-7-6-8-10-14/h13-14,17H,5-12H2,1-4H3. The van der Waals surface area contributed by atoms with Crippen LogP contribution in [0.1, 0.15) is 66.2 Å². The first-order valence-corrected chi connectivity index (χ1v) is 9.09. The van der Waals surface area contributed by atoms with Gasteiger partial charge in [-0.1, -0.05) is 19.3 Å². The van der Waals surface area contributed by atoms with Gasteiger partial charge in [0.2, 0.25) is 0 Å². The fraction of sp³-hybridized carbons (Fsp3) is 0.938. The highest BCUT2D eigenvalue weighted by molar-refractivity contribution is 7.99. The highest BCUT2D eigenvalue weighted by atomic mass is 32.2. The molecule has 1 fully saturated rings. The third-order valence-electron chi connectivity index (χ3n) is 3.84. The van der Waals surface area contributed by atoms with Crippen molar-refractivity contribution in [2.75, 3.05) is 12.4 Å². The molecule has 0 aromatic heterocycles. The average Bonchev–Trinajstić information content (AvgIpc) is 2.39. The van der Waals surface area contributed by atoms with Gasteiger partial charge in [0.05, 0.1) is 6.61 Å². The lowest BCUT2D eigenvalue weighted by Gasteiger charge is -2.31. The van der Waals surface area contributed by atoms with E-state index in [1.807, 2.05) is 25.6 Å². The van der Waals surface area contributed by atoms with Gasteiger partial charge in [-0.25, -0.2) is 0 Å². The molecule has 0 amide bonds. The first-order valence-electron chi connectivity index (χ1n) is 8.04. The van der Waals surface area contributed by atoms with Crippen molar-refractivity contribution in [3.8, 4) is 0 Å². The number of hydrogen-bond acceptors (Lipinski definition) is 4. The minimum absolute atomic E-state index is 0.113. The lowest BCUT2D eigenvalue weighted by molar-refractivity contribution is -0.150. The van der Waals surface area contributed by atoms with Crippen molar-refractivity contribution in [2.45, 2.75) is 83.1 Å². The second kappa shape index (κ2) is 8.93. The van der Waals surface area contributed by atoms with Crippen LogP contribution in [0.2, 0.25) is 0 Å². The van der Waals surface area contributed by atoms with E-state index in [9.17, 15) is 4.79 Å². The number of rotatable bonds is 8. The fourth-order valence-electron chi connectivity index (χ4n) is 2.82. The summed E-state index contributed by atoms with van der Waals surface area (Å²) in [4.78, 5) is 12.2. The highest BCUT2D eigenvalue weighted by Crippen LogP contribution is 2.30.